The van der Waals surface area contributed by atoms with Crippen LogP contribution in [0.1, 0.15) is 31.0 Å². The fourth-order valence-electron chi connectivity index (χ4n) is 4.68. The first-order valence-electron chi connectivity index (χ1n) is 12.1. The molecule has 4 heterocycles. The molecule has 10 nitrogen and oxygen atoms in total. The van der Waals surface area contributed by atoms with Gasteiger partial charge in [0, 0.05) is 25.3 Å². The highest BCUT2D eigenvalue weighted by Crippen LogP contribution is 2.24. The number of hydrogen-bond acceptors (Lipinski definition) is 7. The molecule has 1 saturated heterocycles. The molecule has 37 heavy (non-hydrogen) atoms. The monoisotopic (exact) mass is 494 g/mol. The predicted molar refractivity (Wildman–Crippen MR) is 141 cm³/mol. The van der Waals surface area contributed by atoms with E-state index in [1.165, 1.54) is 15.3 Å². The van der Waals surface area contributed by atoms with Gasteiger partial charge in [0.25, 0.3) is 5.56 Å². The zero-order valence-corrected chi connectivity index (χ0v) is 20.5. The van der Waals surface area contributed by atoms with E-state index in [0.717, 1.165) is 19.4 Å². The van der Waals surface area contributed by atoms with E-state index in [1.54, 1.807) is 35.8 Å². The number of nitriles is 1. The third-order valence-electron chi connectivity index (χ3n) is 6.46. The molecule has 0 spiro atoms. The molecule has 186 valence electrons. The van der Waals surface area contributed by atoms with E-state index in [9.17, 15) is 9.59 Å². The molecule has 0 bridgehead atoms. The molecule has 0 radical (unpaired) electrons. The van der Waals surface area contributed by atoms with Crippen molar-refractivity contribution in [3.63, 3.8) is 0 Å². The van der Waals surface area contributed by atoms with Crippen molar-refractivity contribution in [1.29, 1.82) is 5.26 Å². The molecule has 3 aromatic heterocycles. The van der Waals surface area contributed by atoms with Gasteiger partial charge in [0.15, 0.2) is 11.2 Å². The molecule has 1 aliphatic rings. The van der Waals surface area contributed by atoms with Crippen molar-refractivity contribution in [2.75, 3.05) is 18.0 Å². The predicted octanol–water partition coefficient (Wildman–Crippen LogP) is 1.61. The van der Waals surface area contributed by atoms with Gasteiger partial charge >= 0.3 is 5.69 Å². The number of pyridine rings is 1. The van der Waals surface area contributed by atoms with Crippen LogP contribution in [0.5, 0.6) is 0 Å². The first kappa shape index (κ1) is 24.0. The molecule has 5 rings (SSSR count). The Hall–Kier alpha value is -4.67. The van der Waals surface area contributed by atoms with E-state index in [1.807, 2.05) is 24.3 Å². The molecular formula is C27H26N8O2. The zero-order valence-electron chi connectivity index (χ0n) is 20.5. The molecule has 0 saturated carbocycles. The number of nitrogens with two attached hydrogens (primary N) is 1. The summed E-state index contributed by atoms with van der Waals surface area (Å²) in [6, 6.07) is 14.4. The summed E-state index contributed by atoms with van der Waals surface area (Å²) in [5, 5.41) is 9.06. The van der Waals surface area contributed by atoms with Gasteiger partial charge in [0.05, 0.1) is 18.8 Å². The van der Waals surface area contributed by atoms with Crippen LogP contribution < -0.4 is 21.9 Å². The van der Waals surface area contributed by atoms with E-state index in [4.69, 9.17) is 16.0 Å². The van der Waals surface area contributed by atoms with Crippen LogP contribution in [0.25, 0.3) is 16.9 Å². The molecule has 1 aliphatic heterocycles. The van der Waals surface area contributed by atoms with Crippen LogP contribution in [0.15, 0.2) is 58.3 Å². The van der Waals surface area contributed by atoms with Crippen LogP contribution in [0.2, 0.25) is 0 Å². The number of benzene rings is 1. The highest BCUT2D eigenvalue weighted by Gasteiger charge is 2.27. The topological polar surface area (TPSA) is 128 Å². The molecule has 1 aromatic carbocycles. The Balaban J connectivity index is 1.80. The lowest BCUT2D eigenvalue weighted by Gasteiger charge is -2.31. The van der Waals surface area contributed by atoms with Gasteiger partial charge in [-0.3, -0.25) is 13.9 Å². The van der Waals surface area contributed by atoms with Crippen molar-refractivity contribution in [1.82, 2.24) is 23.7 Å². The van der Waals surface area contributed by atoms with Crippen molar-refractivity contribution >= 4 is 17.1 Å². The second-order valence-electron chi connectivity index (χ2n) is 8.95. The Morgan fingerprint density at radius 1 is 1.14 bits per heavy atom. The highest BCUT2D eigenvalue weighted by atomic mass is 16.2. The van der Waals surface area contributed by atoms with Crippen LogP contribution in [0, 0.1) is 23.2 Å². The van der Waals surface area contributed by atoms with Crippen LogP contribution in [0.3, 0.4) is 0 Å². The van der Waals surface area contributed by atoms with Crippen LogP contribution in [-0.2, 0) is 13.1 Å². The molecular weight excluding hydrogens is 468 g/mol. The smallest absolute Gasteiger partial charge is 0.337 e. The molecule has 0 amide bonds. The lowest BCUT2D eigenvalue weighted by molar-refractivity contribution is 0.496. The number of piperidine rings is 1. The standard InChI is InChI=1S/C27H26N8O2/c1-2-3-14-33-23-24(31-26(33)32-13-7-8-20(29)18-32)35(22-9-5-4-6-10-22)27(37)34(25(23)36)17-19-11-12-21(15-28)30-16-19/h4-6,9-12,16,20H,7-8,13-14,17-18,29H2,1H3. The molecule has 10 heteroatoms. The summed E-state index contributed by atoms with van der Waals surface area (Å²) in [6.07, 6.45) is 3.33. The maximum atomic E-state index is 13.9. The maximum Gasteiger partial charge on any atom is 0.337 e. The van der Waals surface area contributed by atoms with Gasteiger partial charge in [-0.05, 0) is 43.5 Å². The van der Waals surface area contributed by atoms with Gasteiger partial charge in [-0.1, -0.05) is 30.2 Å². The van der Waals surface area contributed by atoms with E-state index < -0.39 is 11.2 Å². The summed E-state index contributed by atoms with van der Waals surface area (Å²) in [6.45, 7) is 3.33. The second kappa shape index (κ2) is 10.1. The van der Waals surface area contributed by atoms with Crippen molar-refractivity contribution < 1.29 is 0 Å². The summed E-state index contributed by atoms with van der Waals surface area (Å²) in [7, 11) is 0. The van der Waals surface area contributed by atoms with Gasteiger partial charge < -0.3 is 10.6 Å². The lowest BCUT2D eigenvalue weighted by Crippen LogP contribution is -2.44. The average Bonchev–Trinajstić information content (AvgIpc) is 3.30. The van der Waals surface area contributed by atoms with E-state index in [0.29, 0.717) is 29.3 Å². The Kier molecular flexibility index (Phi) is 6.59. The second-order valence-corrected chi connectivity index (χ2v) is 8.95. The zero-order chi connectivity index (χ0) is 25.9. The first-order chi connectivity index (χ1) is 18.0. The molecule has 0 aliphatic carbocycles. The van der Waals surface area contributed by atoms with Crippen molar-refractivity contribution in [2.24, 2.45) is 5.73 Å². The van der Waals surface area contributed by atoms with E-state index >= 15 is 0 Å². The van der Waals surface area contributed by atoms with E-state index in [2.05, 4.69) is 21.7 Å². The van der Waals surface area contributed by atoms with Crippen molar-refractivity contribution in [2.45, 2.75) is 38.9 Å². The third-order valence-corrected chi connectivity index (χ3v) is 6.46. The maximum absolute atomic E-state index is 13.9. The SMILES string of the molecule is CC#CCn1c(N2CCCC(N)C2)nc2c1c(=O)n(Cc1ccc(C#N)nc1)c(=O)n2-c1ccccc1. The molecule has 1 unspecified atom stereocenters. The number of hydrogen-bond donors (Lipinski definition) is 1. The fraction of sp³-hybridized carbons (Fsp3) is 0.296. The summed E-state index contributed by atoms with van der Waals surface area (Å²) in [4.78, 5) is 38.8. The Bertz CT molecular complexity index is 1660. The number of nitrogens with zero attached hydrogens (tertiary/aromatic N) is 7. The van der Waals surface area contributed by atoms with Gasteiger partial charge in [-0.2, -0.15) is 10.2 Å². The Morgan fingerprint density at radius 3 is 2.62 bits per heavy atom. The summed E-state index contributed by atoms with van der Waals surface area (Å²) in [5.74, 6) is 6.53. The number of anilines is 1. The molecule has 1 atom stereocenters. The minimum atomic E-state index is -0.513. The van der Waals surface area contributed by atoms with Gasteiger partial charge in [-0.15, -0.1) is 5.92 Å². The van der Waals surface area contributed by atoms with Gasteiger partial charge in [-0.25, -0.2) is 14.3 Å². The van der Waals surface area contributed by atoms with Crippen LogP contribution in [-0.4, -0.2) is 42.8 Å². The number of aromatic nitrogens is 5. The molecule has 1 fully saturated rings. The third kappa shape index (κ3) is 4.51. The van der Waals surface area contributed by atoms with Crippen LogP contribution in [0.4, 0.5) is 5.95 Å². The minimum absolute atomic E-state index is 0.00359. The molecule has 2 N–H and O–H groups in total. The Morgan fingerprint density at radius 2 is 1.95 bits per heavy atom. The van der Waals surface area contributed by atoms with Gasteiger partial charge in [0.2, 0.25) is 5.95 Å². The van der Waals surface area contributed by atoms with Crippen molar-refractivity contribution in [3.8, 4) is 23.6 Å². The summed E-state index contributed by atoms with van der Waals surface area (Å²) < 4.78 is 4.44. The summed E-state index contributed by atoms with van der Waals surface area (Å²) >= 11 is 0. The quantitative estimate of drug-likeness (QED) is 0.418. The fourth-order valence-corrected chi connectivity index (χ4v) is 4.68. The summed E-state index contributed by atoms with van der Waals surface area (Å²) in [5.41, 5.74) is 7.33. The number of fused-ring (bicyclic) bond motifs is 1. The normalized spacial score (nSPS) is 15.3. The first-order valence-corrected chi connectivity index (χ1v) is 12.1. The van der Waals surface area contributed by atoms with Crippen molar-refractivity contribution in [3.05, 3.63) is 80.8 Å². The minimum Gasteiger partial charge on any atom is -0.341 e. The Labute approximate surface area is 213 Å². The average molecular weight is 495 g/mol. The van der Waals surface area contributed by atoms with Gasteiger partial charge in [0.1, 0.15) is 11.8 Å². The largest absolute Gasteiger partial charge is 0.341 e. The highest BCUT2D eigenvalue weighted by molar-refractivity contribution is 5.76. The van der Waals surface area contributed by atoms with Crippen LogP contribution >= 0.6 is 0 Å². The van der Waals surface area contributed by atoms with E-state index in [-0.39, 0.29) is 30.5 Å². The number of imidazole rings is 1. The number of rotatable bonds is 5. The number of para-hydroxylation sites is 1. The molecule has 4 aromatic rings. The lowest BCUT2D eigenvalue weighted by atomic mass is 10.1.